The number of ether oxygens (including phenoxy) is 1. The zero-order chi connectivity index (χ0) is 20.4. The van der Waals surface area contributed by atoms with Crippen molar-refractivity contribution in [3.05, 3.63) is 93.3 Å². The molecule has 3 aromatic rings. The number of anilines is 1. The van der Waals surface area contributed by atoms with Crippen molar-refractivity contribution in [2.75, 3.05) is 4.90 Å². The molecule has 0 radical (unpaired) electrons. The molecule has 1 aliphatic heterocycles. The van der Waals surface area contributed by atoms with E-state index in [-0.39, 0.29) is 5.91 Å². The van der Waals surface area contributed by atoms with Crippen LogP contribution < -0.4 is 9.64 Å². The quantitative estimate of drug-likeness (QED) is 0.306. The summed E-state index contributed by atoms with van der Waals surface area (Å²) < 4.78 is 6.24. The van der Waals surface area contributed by atoms with Gasteiger partial charge in [0.1, 0.15) is 11.5 Å². The molecule has 0 aromatic heterocycles. The number of thiocarbonyl (C=S) groups is 1. The van der Waals surface area contributed by atoms with Crippen molar-refractivity contribution in [1.29, 1.82) is 0 Å². The minimum absolute atomic E-state index is 0.215. The highest BCUT2D eigenvalue weighted by Gasteiger charge is 2.33. The molecule has 4 rings (SSSR count). The first-order valence-corrected chi connectivity index (χ1v) is 10.6. The molecule has 0 saturated carbocycles. The Hall–Kier alpha value is -2.31. The van der Waals surface area contributed by atoms with Gasteiger partial charge < -0.3 is 4.74 Å². The van der Waals surface area contributed by atoms with Crippen molar-refractivity contribution >= 4 is 69.2 Å². The van der Waals surface area contributed by atoms with Crippen LogP contribution in [0.4, 0.5) is 5.69 Å². The van der Waals surface area contributed by atoms with Gasteiger partial charge >= 0.3 is 0 Å². The number of hydrogen-bond acceptors (Lipinski definition) is 4. The maximum atomic E-state index is 13.0. The summed E-state index contributed by atoms with van der Waals surface area (Å²) in [7, 11) is 0. The molecule has 1 aliphatic rings. The van der Waals surface area contributed by atoms with E-state index in [1.807, 2.05) is 30.3 Å². The molecule has 1 amide bonds. The number of hydrogen-bond donors (Lipinski definition) is 0. The second-order valence-electron chi connectivity index (χ2n) is 6.06. The Labute approximate surface area is 187 Å². The predicted molar refractivity (Wildman–Crippen MR) is 125 cm³/mol. The van der Waals surface area contributed by atoms with Gasteiger partial charge in [-0.1, -0.05) is 71.4 Å². The van der Waals surface area contributed by atoms with Gasteiger partial charge in [0.2, 0.25) is 0 Å². The van der Waals surface area contributed by atoms with E-state index >= 15 is 0 Å². The molecule has 0 aliphatic carbocycles. The highest BCUT2D eigenvalue weighted by molar-refractivity contribution is 8.27. The Morgan fingerprint density at radius 1 is 0.862 bits per heavy atom. The number of carbonyl (C=O) groups excluding carboxylic acids is 1. The zero-order valence-electron chi connectivity index (χ0n) is 14.8. The normalized spacial score (nSPS) is 15.2. The summed E-state index contributed by atoms with van der Waals surface area (Å²) in [6, 6.07) is 21.9. The highest BCUT2D eigenvalue weighted by atomic mass is 35.5. The lowest BCUT2D eigenvalue weighted by atomic mass is 10.2. The molecule has 1 heterocycles. The molecule has 0 spiro atoms. The Kier molecular flexibility index (Phi) is 5.92. The first-order valence-electron chi connectivity index (χ1n) is 8.58. The number of amides is 1. The van der Waals surface area contributed by atoms with E-state index in [4.69, 9.17) is 40.2 Å². The fourth-order valence-electron chi connectivity index (χ4n) is 2.76. The fraction of sp³-hybridized carbons (Fsp3) is 0. The summed E-state index contributed by atoms with van der Waals surface area (Å²) in [6.07, 6.45) is 1.68. The minimum atomic E-state index is -0.215. The first kappa shape index (κ1) is 20.0. The van der Waals surface area contributed by atoms with Crippen molar-refractivity contribution in [2.24, 2.45) is 0 Å². The van der Waals surface area contributed by atoms with Crippen molar-refractivity contribution in [3.8, 4) is 11.5 Å². The summed E-state index contributed by atoms with van der Waals surface area (Å²) in [5.74, 6) is 1.20. The monoisotopic (exact) mass is 457 g/mol. The summed E-state index contributed by atoms with van der Waals surface area (Å²) in [5, 5.41) is 0.954. The van der Waals surface area contributed by atoms with Gasteiger partial charge in [-0.2, -0.15) is 0 Å². The van der Waals surface area contributed by atoms with Crippen LogP contribution in [0.3, 0.4) is 0 Å². The number of benzene rings is 3. The number of rotatable bonds is 4. The molecule has 3 aromatic carbocycles. The molecule has 7 heteroatoms. The van der Waals surface area contributed by atoms with Gasteiger partial charge in [-0.05, 0) is 54.6 Å². The number of carbonyl (C=O) groups is 1. The van der Waals surface area contributed by atoms with Crippen LogP contribution in [0.25, 0.3) is 6.08 Å². The van der Waals surface area contributed by atoms with Crippen LogP contribution in [-0.2, 0) is 4.79 Å². The van der Waals surface area contributed by atoms with Crippen LogP contribution in [0, 0.1) is 0 Å². The van der Waals surface area contributed by atoms with Crippen LogP contribution in [0.15, 0.2) is 77.7 Å². The van der Waals surface area contributed by atoms with E-state index in [9.17, 15) is 4.79 Å². The van der Waals surface area contributed by atoms with E-state index in [0.29, 0.717) is 36.3 Å². The molecule has 0 N–H and O–H groups in total. The molecule has 144 valence electrons. The summed E-state index contributed by atoms with van der Waals surface area (Å²) >= 11 is 19.1. The zero-order valence-corrected chi connectivity index (χ0v) is 18.0. The van der Waals surface area contributed by atoms with Crippen LogP contribution in [0.1, 0.15) is 5.56 Å². The highest BCUT2D eigenvalue weighted by Crippen LogP contribution is 2.38. The maximum Gasteiger partial charge on any atom is 0.270 e. The lowest BCUT2D eigenvalue weighted by Gasteiger charge is -2.15. The molecule has 3 nitrogen and oxygen atoms in total. The predicted octanol–water partition coefficient (Wildman–Crippen LogP) is 7.19. The van der Waals surface area contributed by atoms with Gasteiger partial charge in [-0.15, -0.1) is 0 Å². The van der Waals surface area contributed by atoms with Crippen molar-refractivity contribution in [3.63, 3.8) is 0 Å². The molecular weight excluding hydrogens is 445 g/mol. The maximum absolute atomic E-state index is 13.0. The Bertz CT molecular complexity index is 1100. The van der Waals surface area contributed by atoms with Gasteiger partial charge in [0, 0.05) is 15.6 Å². The van der Waals surface area contributed by atoms with Gasteiger partial charge in [0.15, 0.2) is 4.32 Å². The van der Waals surface area contributed by atoms with Crippen LogP contribution in [0.2, 0.25) is 10.0 Å². The molecular formula is C22H13Cl2NO2S2. The third-order valence-electron chi connectivity index (χ3n) is 4.14. The number of halogens is 2. The van der Waals surface area contributed by atoms with Crippen LogP contribution in [0.5, 0.6) is 11.5 Å². The minimum Gasteiger partial charge on any atom is -0.457 e. The number of para-hydroxylation sites is 1. The summed E-state index contributed by atoms with van der Waals surface area (Å²) in [5.41, 5.74) is 1.27. The van der Waals surface area contributed by atoms with Crippen molar-refractivity contribution < 1.29 is 9.53 Å². The van der Waals surface area contributed by atoms with Crippen molar-refractivity contribution in [2.45, 2.75) is 0 Å². The third kappa shape index (κ3) is 4.33. The Morgan fingerprint density at radius 2 is 1.48 bits per heavy atom. The van der Waals surface area contributed by atoms with Gasteiger partial charge in [-0.25, -0.2) is 0 Å². The topological polar surface area (TPSA) is 29.5 Å². The largest absolute Gasteiger partial charge is 0.457 e. The van der Waals surface area contributed by atoms with Gasteiger partial charge in [-0.3, -0.25) is 9.69 Å². The smallest absolute Gasteiger partial charge is 0.270 e. The lowest BCUT2D eigenvalue weighted by molar-refractivity contribution is -0.113. The van der Waals surface area contributed by atoms with Crippen LogP contribution >= 0.6 is 47.2 Å². The van der Waals surface area contributed by atoms with Gasteiger partial charge in [0.05, 0.1) is 10.6 Å². The summed E-state index contributed by atoms with van der Waals surface area (Å²) in [4.78, 5) is 14.9. The van der Waals surface area contributed by atoms with Crippen molar-refractivity contribution in [1.82, 2.24) is 0 Å². The molecule has 1 fully saturated rings. The SMILES string of the molecule is O=C1/C(=C/c2c(Cl)cccc2Cl)SC(=S)N1c1ccc(Oc2ccccc2)cc1. The Balaban J connectivity index is 1.57. The van der Waals surface area contributed by atoms with E-state index in [2.05, 4.69) is 0 Å². The van der Waals surface area contributed by atoms with E-state index in [0.717, 1.165) is 5.75 Å². The molecule has 0 atom stereocenters. The standard InChI is InChI=1S/C22H13Cl2NO2S2/c23-18-7-4-8-19(24)17(18)13-20-21(26)25(22(28)29-20)14-9-11-16(12-10-14)27-15-5-2-1-3-6-15/h1-13H/b20-13-. The van der Waals surface area contributed by atoms with E-state index in [1.165, 1.54) is 16.7 Å². The fourth-order valence-corrected chi connectivity index (χ4v) is 4.55. The third-order valence-corrected chi connectivity index (χ3v) is 6.10. The van der Waals surface area contributed by atoms with E-state index in [1.54, 1.807) is 48.5 Å². The lowest BCUT2D eigenvalue weighted by Crippen LogP contribution is -2.27. The summed E-state index contributed by atoms with van der Waals surface area (Å²) in [6.45, 7) is 0. The Morgan fingerprint density at radius 3 is 2.14 bits per heavy atom. The molecule has 0 unspecified atom stereocenters. The molecule has 29 heavy (non-hydrogen) atoms. The molecule has 1 saturated heterocycles. The van der Waals surface area contributed by atoms with E-state index < -0.39 is 0 Å². The molecule has 0 bridgehead atoms. The number of nitrogens with zero attached hydrogens (tertiary/aromatic N) is 1. The second-order valence-corrected chi connectivity index (χ2v) is 8.55. The second kappa shape index (κ2) is 8.59. The first-order chi connectivity index (χ1) is 14.0. The average molecular weight is 458 g/mol. The average Bonchev–Trinajstić information content (AvgIpc) is 2.99. The van der Waals surface area contributed by atoms with Crippen LogP contribution in [-0.4, -0.2) is 10.2 Å². The van der Waals surface area contributed by atoms with Gasteiger partial charge in [0.25, 0.3) is 5.91 Å². The number of thioether (sulfide) groups is 1.